The molecule has 4 aliphatic heterocycles. The maximum atomic E-state index is 15.8. The Balaban J connectivity index is 1.08. The van der Waals surface area contributed by atoms with E-state index < -0.39 is 22.2 Å². The van der Waals surface area contributed by atoms with Crippen molar-refractivity contribution in [3.63, 3.8) is 0 Å². The summed E-state index contributed by atoms with van der Waals surface area (Å²) < 4.78 is 51.9. The third-order valence-electron chi connectivity index (χ3n) is 14.0. The fourth-order valence-electron chi connectivity index (χ4n) is 10.8. The highest BCUT2D eigenvalue weighted by atomic mass is 32.2. The third-order valence-corrected chi connectivity index (χ3v) is 16.4. The van der Waals surface area contributed by atoms with Crippen LogP contribution in [0, 0.1) is 11.8 Å². The Labute approximate surface area is 323 Å². The first-order valence-electron chi connectivity index (χ1n) is 21.9. The van der Waals surface area contributed by atoms with Crippen LogP contribution in [0.2, 0.25) is 0 Å². The van der Waals surface area contributed by atoms with Gasteiger partial charge in [-0.1, -0.05) is 83.5 Å². The number of nitrogens with one attached hydrogen (secondary N) is 3. The second-order valence-corrected chi connectivity index (χ2v) is 19.6. The van der Waals surface area contributed by atoms with E-state index in [1.54, 1.807) is 8.99 Å². The molecule has 12 nitrogen and oxygen atoms in total. The first-order valence-corrected chi connectivity index (χ1v) is 23.4. The molecule has 2 saturated carbocycles. The Morgan fingerprint density at radius 3 is 1.98 bits per heavy atom. The number of nitrogen functional groups attached to an aromatic ring is 1. The SMILES string of the molecule is Nc1nn2c(c1C(=O)NC1CNC(C3CCCCCCCC3)CC1N1CCN(S(=O)(=O)C3CCOCC3)CC1)NCC(F)C2C1CCCCCCCCC1. The van der Waals surface area contributed by atoms with E-state index in [0.29, 0.717) is 82.1 Å². The van der Waals surface area contributed by atoms with Crippen molar-refractivity contribution in [1.29, 1.82) is 0 Å². The number of rotatable bonds is 7. The van der Waals surface area contributed by atoms with E-state index in [2.05, 4.69) is 25.9 Å². The lowest BCUT2D eigenvalue weighted by atomic mass is 9.81. The highest BCUT2D eigenvalue weighted by molar-refractivity contribution is 7.89. The minimum Gasteiger partial charge on any atom is -0.381 e. The van der Waals surface area contributed by atoms with Gasteiger partial charge in [0.2, 0.25) is 10.0 Å². The van der Waals surface area contributed by atoms with Crippen LogP contribution < -0.4 is 21.7 Å². The maximum absolute atomic E-state index is 15.8. The van der Waals surface area contributed by atoms with E-state index >= 15 is 4.39 Å². The van der Waals surface area contributed by atoms with E-state index in [1.807, 2.05) is 0 Å². The van der Waals surface area contributed by atoms with E-state index in [-0.39, 0.29) is 41.5 Å². The second-order valence-electron chi connectivity index (χ2n) is 17.4. The number of aromatic nitrogens is 2. The molecule has 2 aliphatic carbocycles. The largest absolute Gasteiger partial charge is 0.381 e. The van der Waals surface area contributed by atoms with Gasteiger partial charge >= 0.3 is 0 Å². The van der Waals surface area contributed by atoms with Crippen LogP contribution in [0.4, 0.5) is 16.0 Å². The van der Waals surface area contributed by atoms with Gasteiger partial charge in [0.15, 0.2) is 5.82 Å². The normalized spacial score (nSPS) is 31.7. The molecule has 3 saturated heterocycles. The highest BCUT2D eigenvalue weighted by Gasteiger charge is 2.43. The molecule has 0 radical (unpaired) electrons. The third kappa shape index (κ3) is 9.40. The van der Waals surface area contributed by atoms with Crippen LogP contribution >= 0.6 is 0 Å². The summed E-state index contributed by atoms with van der Waals surface area (Å²) in [6, 6.07) is -0.242. The number of alkyl halides is 1. The van der Waals surface area contributed by atoms with Crippen LogP contribution in [0.5, 0.6) is 0 Å². The van der Waals surface area contributed by atoms with Crippen molar-refractivity contribution < 1.29 is 22.3 Å². The molecule has 5 heterocycles. The molecule has 1 aromatic rings. The summed E-state index contributed by atoms with van der Waals surface area (Å²) in [4.78, 5) is 16.8. The van der Waals surface area contributed by atoms with Gasteiger partial charge in [0.05, 0.1) is 17.3 Å². The molecule has 5 unspecified atom stereocenters. The van der Waals surface area contributed by atoms with Gasteiger partial charge in [-0.3, -0.25) is 9.69 Å². The Kier molecular flexibility index (Phi) is 14.1. The van der Waals surface area contributed by atoms with E-state index in [1.165, 1.54) is 83.5 Å². The number of sulfonamides is 1. The fourth-order valence-corrected chi connectivity index (χ4v) is 12.7. The quantitative estimate of drug-likeness (QED) is 0.277. The van der Waals surface area contributed by atoms with Gasteiger partial charge in [-0.2, -0.15) is 9.40 Å². The van der Waals surface area contributed by atoms with Crippen LogP contribution in [0.1, 0.15) is 145 Å². The molecule has 0 bridgehead atoms. The van der Waals surface area contributed by atoms with Crippen LogP contribution in [0.25, 0.3) is 0 Å². The van der Waals surface area contributed by atoms with Crippen molar-refractivity contribution in [2.24, 2.45) is 11.8 Å². The first-order chi connectivity index (χ1) is 26.3. The summed E-state index contributed by atoms with van der Waals surface area (Å²) in [6.45, 7) is 3.95. The topological polar surface area (TPSA) is 147 Å². The number of amides is 1. The Morgan fingerprint density at radius 1 is 0.796 bits per heavy atom. The second kappa shape index (κ2) is 19.0. The molecule has 0 aromatic carbocycles. The predicted octanol–water partition coefficient (Wildman–Crippen LogP) is 5.62. The van der Waals surface area contributed by atoms with Crippen molar-refractivity contribution in [3.05, 3.63) is 5.56 Å². The molecule has 5 N–H and O–H groups in total. The van der Waals surface area contributed by atoms with Gasteiger partial charge in [0, 0.05) is 64.6 Å². The molecule has 0 spiro atoms. The molecule has 1 amide bonds. The number of nitrogens with two attached hydrogens (primary N) is 1. The van der Waals surface area contributed by atoms with Gasteiger partial charge in [0.25, 0.3) is 5.91 Å². The number of halogens is 1. The zero-order valence-corrected chi connectivity index (χ0v) is 33.5. The molecule has 6 aliphatic rings. The van der Waals surface area contributed by atoms with Gasteiger partial charge in [-0.05, 0) is 56.8 Å². The summed E-state index contributed by atoms with van der Waals surface area (Å²) >= 11 is 0. The number of nitrogens with zero attached hydrogens (tertiary/aromatic N) is 4. The number of hydrogen-bond acceptors (Lipinski definition) is 9. The van der Waals surface area contributed by atoms with Crippen LogP contribution in [-0.4, -0.2) is 115 Å². The van der Waals surface area contributed by atoms with E-state index in [9.17, 15) is 13.2 Å². The number of piperidine rings is 1. The number of carbonyl (C=O) groups is 1. The molecule has 5 atom stereocenters. The summed E-state index contributed by atoms with van der Waals surface area (Å²) in [5, 5.41) is 14.8. The highest BCUT2D eigenvalue weighted by Crippen LogP contribution is 2.40. The van der Waals surface area contributed by atoms with Crippen LogP contribution in [0.15, 0.2) is 0 Å². The molecule has 306 valence electrons. The van der Waals surface area contributed by atoms with Crippen LogP contribution in [0.3, 0.4) is 0 Å². The van der Waals surface area contributed by atoms with Crippen molar-refractivity contribution >= 4 is 27.6 Å². The lowest BCUT2D eigenvalue weighted by molar-refractivity contribution is 0.0595. The Morgan fingerprint density at radius 2 is 1.37 bits per heavy atom. The summed E-state index contributed by atoms with van der Waals surface area (Å²) in [5.41, 5.74) is 6.89. The summed E-state index contributed by atoms with van der Waals surface area (Å²) in [5.74, 6) is 1.15. The van der Waals surface area contributed by atoms with Crippen molar-refractivity contribution in [1.82, 2.24) is 29.6 Å². The number of piperazine rings is 1. The molecular weight excluding hydrogens is 708 g/mol. The first kappa shape index (κ1) is 40.2. The zero-order valence-electron chi connectivity index (χ0n) is 32.7. The lowest BCUT2D eigenvalue weighted by Gasteiger charge is -2.48. The Hall–Kier alpha value is -2.00. The van der Waals surface area contributed by atoms with Gasteiger partial charge < -0.3 is 26.4 Å². The monoisotopic (exact) mass is 777 g/mol. The molecule has 1 aromatic heterocycles. The summed E-state index contributed by atoms with van der Waals surface area (Å²) in [7, 11) is -3.39. The molecule has 5 fully saturated rings. The van der Waals surface area contributed by atoms with Crippen molar-refractivity contribution in [2.75, 3.05) is 63.5 Å². The van der Waals surface area contributed by atoms with E-state index in [0.717, 1.165) is 32.1 Å². The van der Waals surface area contributed by atoms with Gasteiger partial charge in [-0.25, -0.2) is 17.5 Å². The zero-order chi connectivity index (χ0) is 37.5. The molecule has 54 heavy (non-hydrogen) atoms. The predicted molar refractivity (Wildman–Crippen MR) is 212 cm³/mol. The number of ether oxygens (including phenoxy) is 1. The smallest absolute Gasteiger partial charge is 0.259 e. The Bertz CT molecular complexity index is 1450. The van der Waals surface area contributed by atoms with Gasteiger partial charge in [0.1, 0.15) is 17.6 Å². The minimum atomic E-state index is -3.39. The summed E-state index contributed by atoms with van der Waals surface area (Å²) in [6.07, 6.45) is 21.4. The molecule has 7 rings (SSSR count). The number of fused-ring (bicyclic) bond motifs is 1. The number of carbonyl (C=O) groups excluding carboxylic acids is 1. The number of hydrogen-bond donors (Lipinski definition) is 4. The van der Waals surface area contributed by atoms with Crippen molar-refractivity contribution in [2.45, 2.75) is 164 Å². The van der Waals surface area contributed by atoms with Crippen molar-refractivity contribution in [3.8, 4) is 0 Å². The average Bonchev–Trinajstić information content (AvgIpc) is 3.59. The number of anilines is 2. The molecular formula is C40H69FN8O4S. The maximum Gasteiger partial charge on any atom is 0.259 e. The fraction of sp³-hybridized carbons (Fsp3) is 0.900. The lowest BCUT2D eigenvalue weighted by Crippen LogP contribution is -2.66. The van der Waals surface area contributed by atoms with E-state index in [4.69, 9.17) is 10.5 Å². The minimum absolute atomic E-state index is 0.0484. The standard InChI is InChI=1S/C40H69FN8O4S/c41-32-27-44-39-36(38(42)46-49(39)37(32)30-16-12-8-2-1-3-9-13-17-30)40(50)45-34-28-43-33(29-14-10-6-4-5-7-11-15-29)26-35(34)47-20-22-48(23-21-47)54(51,52)31-18-24-53-25-19-31/h29-35,37,43-44H,1-28H2,(H2,42,46)(H,45,50). The molecule has 14 heteroatoms. The van der Waals surface area contributed by atoms with Gasteiger partial charge in [-0.15, -0.1) is 0 Å². The average molecular weight is 777 g/mol. The van der Waals surface area contributed by atoms with Crippen LogP contribution in [-0.2, 0) is 14.8 Å².